The number of aromatic nitrogens is 4. The molecule has 1 N–H and O–H groups in total. The van der Waals surface area contributed by atoms with Crippen molar-refractivity contribution >= 4 is 17.5 Å². The molecule has 0 saturated heterocycles. The van der Waals surface area contributed by atoms with Crippen LogP contribution in [0.4, 0.5) is 0 Å². The van der Waals surface area contributed by atoms with Crippen LogP contribution in [0.3, 0.4) is 0 Å². The van der Waals surface area contributed by atoms with Crippen molar-refractivity contribution in [1.82, 2.24) is 24.6 Å². The number of aryl methyl sites for hydroxylation is 2. The van der Waals surface area contributed by atoms with Crippen LogP contribution in [0.15, 0.2) is 24.8 Å². The highest BCUT2D eigenvalue weighted by atomic mass is 35.5. The Balaban J connectivity index is 1.74. The van der Waals surface area contributed by atoms with Gasteiger partial charge in [0.2, 0.25) is 5.91 Å². The van der Waals surface area contributed by atoms with Crippen LogP contribution in [0.2, 0.25) is 5.02 Å². The molecule has 2 heterocycles. The molecule has 0 radical (unpaired) electrons. The Morgan fingerprint density at radius 3 is 3.00 bits per heavy atom. The fraction of sp³-hybridized carbons (Fsp3) is 0.500. The van der Waals surface area contributed by atoms with Gasteiger partial charge in [-0.1, -0.05) is 18.5 Å². The van der Waals surface area contributed by atoms with E-state index in [1.807, 2.05) is 6.20 Å². The lowest BCUT2D eigenvalue weighted by Crippen LogP contribution is -2.32. The van der Waals surface area contributed by atoms with Crippen LogP contribution in [-0.2, 0) is 17.8 Å². The molecule has 0 aliphatic heterocycles. The van der Waals surface area contributed by atoms with Crippen molar-refractivity contribution in [2.45, 2.75) is 39.3 Å². The Kier molecular flexibility index (Phi) is 5.38. The molecular formula is C14H20ClN5O. The van der Waals surface area contributed by atoms with Crippen molar-refractivity contribution in [3.8, 4) is 0 Å². The second-order valence-corrected chi connectivity index (χ2v) is 5.29. The molecule has 0 aliphatic rings. The maximum absolute atomic E-state index is 12.0. The highest BCUT2D eigenvalue weighted by molar-refractivity contribution is 6.30. The molecule has 2 aromatic heterocycles. The molecule has 0 fully saturated rings. The number of hydrogen-bond acceptors (Lipinski definition) is 3. The molecule has 1 amide bonds. The summed E-state index contributed by atoms with van der Waals surface area (Å²) in [7, 11) is 0. The smallest absolute Gasteiger partial charge is 0.244 e. The van der Waals surface area contributed by atoms with Gasteiger partial charge in [-0.3, -0.25) is 9.48 Å². The summed E-state index contributed by atoms with van der Waals surface area (Å²) in [5, 5.41) is 7.48. The summed E-state index contributed by atoms with van der Waals surface area (Å²) in [6, 6.07) is -0.364. The second-order valence-electron chi connectivity index (χ2n) is 4.85. The summed E-state index contributed by atoms with van der Waals surface area (Å²) in [5.41, 5.74) is 0. The van der Waals surface area contributed by atoms with Gasteiger partial charge in [0.25, 0.3) is 0 Å². The molecule has 0 aromatic carbocycles. The minimum atomic E-state index is -0.364. The Bertz CT molecular complexity index is 592. The van der Waals surface area contributed by atoms with E-state index in [0.717, 1.165) is 25.2 Å². The molecule has 0 bridgehead atoms. The quantitative estimate of drug-likeness (QED) is 0.796. The number of imidazole rings is 1. The van der Waals surface area contributed by atoms with Crippen LogP contribution >= 0.6 is 11.6 Å². The number of nitrogens with one attached hydrogen (secondary N) is 1. The first-order chi connectivity index (χ1) is 10.1. The number of carbonyl (C=O) groups is 1. The summed E-state index contributed by atoms with van der Waals surface area (Å²) in [4.78, 5) is 16.3. The van der Waals surface area contributed by atoms with Gasteiger partial charge in [-0.2, -0.15) is 5.10 Å². The number of rotatable bonds is 7. The van der Waals surface area contributed by atoms with Gasteiger partial charge in [0.05, 0.1) is 11.2 Å². The van der Waals surface area contributed by atoms with Crippen molar-refractivity contribution in [2.24, 2.45) is 0 Å². The minimum Gasteiger partial charge on any atom is -0.354 e. The van der Waals surface area contributed by atoms with E-state index in [1.54, 1.807) is 24.0 Å². The summed E-state index contributed by atoms with van der Waals surface area (Å²) < 4.78 is 3.67. The Hall–Kier alpha value is -1.82. The lowest BCUT2D eigenvalue weighted by Gasteiger charge is -2.13. The van der Waals surface area contributed by atoms with Gasteiger partial charge < -0.3 is 9.88 Å². The fourth-order valence-electron chi connectivity index (χ4n) is 2.11. The van der Waals surface area contributed by atoms with Crippen LogP contribution in [0, 0.1) is 0 Å². The van der Waals surface area contributed by atoms with Gasteiger partial charge >= 0.3 is 0 Å². The average molecular weight is 310 g/mol. The largest absolute Gasteiger partial charge is 0.354 e. The molecular weight excluding hydrogens is 290 g/mol. The topological polar surface area (TPSA) is 64.7 Å². The van der Waals surface area contributed by atoms with E-state index in [-0.39, 0.29) is 11.9 Å². The zero-order valence-electron chi connectivity index (χ0n) is 12.3. The summed E-state index contributed by atoms with van der Waals surface area (Å²) in [6.45, 7) is 5.35. The Labute approximate surface area is 129 Å². The predicted molar refractivity (Wildman–Crippen MR) is 81.2 cm³/mol. The van der Waals surface area contributed by atoms with E-state index in [9.17, 15) is 4.79 Å². The molecule has 0 aliphatic carbocycles. The third kappa shape index (κ3) is 4.07. The molecule has 0 spiro atoms. The second kappa shape index (κ2) is 7.26. The predicted octanol–water partition coefficient (Wildman–Crippen LogP) is 2.06. The number of halogens is 1. The van der Waals surface area contributed by atoms with E-state index in [2.05, 4.69) is 26.9 Å². The van der Waals surface area contributed by atoms with Gasteiger partial charge in [-0.25, -0.2) is 4.98 Å². The summed E-state index contributed by atoms with van der Waals surface area (Å²) in [6.07, 6.45) is 8.72. The van der Waals surface area contributed by atoms with Crippen LogP contribution in [0.25, 0.3) is 0 Å². The van der Waals surface area contributed by atoms with E-state index < -0.39 is 0 Å². The summed E-state index contributed by atoms with van der Waals surface area (Å²) in [5.74, 6) is 1.01. The first-order valence-corrected chi connectivity index (χ1v) is 7.47. The standard InChI is InChI=1S/C14H20ClN5O/c1-3-13-16-6-8-19(13)7-4-5-17-14(21)11(2)20-10-12(15)9-18-20/h6,8-11H,3-5,7H2,1-2H3,(H,17,21). The van der Waals surface area contributed by atoms with Crippen LogP contribution in [0.1, 0.15) is 32.1 Å². The van der Waals surface area contributed by atoms with Gasteiger partial charge in [-0.05, 0) is 13.3 Å². The number of nitrogens with zero attached hydrogens (tertiary/aromatic N) is 4. The van der Waals surface area contributed by atoms with Crippen molar-refractivity contribution in [3.05, 3.63) is 35.6 Å². The van der Waals surface area contributed by atoms with Crippen molar-refractivity contribution in [1.29, 1.82) is 0 Å². The maximum atomic E-state index is 12.0. The normalized spacial score (nSPS) is 12.3. The zero-order valence-corrected chi connectivity index (χ0v) is 13.0. The molecule has 114 valence electrons. The highest BCUT2D eigenvalue weighted by Gasteiger charge is 2.15. The molecule has 1 unspecified atom stereocenters. The van der Waals surface area contributed by atoms with Crippen molar-refractivity contribution in [3.63, 3.8) is 0 Å². The lowest BCUT2D eigenvalue weighted by molar-refractivity contribution is -0.124. The molecule has 2 rings (SSSR count). The van der Waals surface area contributed by atoms with E-state index in [4.69, 9.17) is 11.6 Å². The third-order valence-electron chi connectivity index (χ3n) is 3.34. The van der Waals surface area contributed by atoms with Gasteiger partial charge in [0.1, 0.15) is 11.9 Å². The van der Waals surface area contributed by atoms with Crippen molar-refractivity contribution < 1.29 is 4.79 Å². The zero-order chi connectivity index (χ0) is 15.2. The fourth-order valence-corrected chi connectivity index (χ4v) is 2.26. The first-order valence-electron chi connectivity index (χ1n) is 7.09. The average Bonchev–Trinajstić information content (AvgIpc) is 3.10. The van der Waals surface area contributed by atoms with E-state index in [1.165, 1.54) is 6.20 Å². The number of carbonyl (C=O) groups excluding carboxylic acids is 1. The minimum absolute atomic E-state index is 0.0592. The molecule has 21 heavy (non-hydrogen) atoms. The molecule has 1 atom stereocenters. The van der Waals surface area contributed by atoms with E-state index >= 15 is 0 Å². The third-order valence-corrected chi connectivity index (χ3v) is 3.53. The summed E-state index contributed by atoms with van der Waals surface area (Å²) >= 11 is 5.80. The van der Waals surface area contributed by atoms with Gasteiger partial charge in [0.15, 0.2) is 0 Å². The van der Waals surface area contributed by atoms with E-state index in [0.29, 0.717) is 11.6 Å². The number of hydrogen-bond donors (Lipinski definition) is 1. The Morgan fingerprint density at radius 2 is 2.33 bits per heavy atom. The highest BCUT2D eigenvalue weighted by Crippen LogP contribution is 2.10. The Morgan fingerprint density at radius 1 is 1.52 bits per heavy atom. The molecule has 0 saturated carbocycles. The number of amides is 1. The van der Waals surface area contributed by atoms with Gasteiger partial charge in [0, 0.05) is 38.1 Å². The first kappa shape index (κ1) is 15.6. The van der Waals surface area contributed by atoms with Gasteiger partial charge in [-0.15, -0.1) is 0 Å². The maximum Gasteiger partial charge on any atom is 0.244 e. The lowest BCUT2D eigenvalue weighted by atomic mass is 10.3. The monoisotopic (exact) mass is 309 g/mol. The van der Waals surface area contributed by atoms with Crippen LogP contribution in [-0.4, -0.2) is 31.8 Å². The SMILES string of the molecule is CCc1nccn1CCCNC(=O)C(C)n1cc(Cl)cn1. The van der Waals surface area contributed by atoms with Crippen LogP contribution < -0.4 is 5.32 Å². The molecule has 2 aromatic rings. The van der Waals surface area contributed by atoms with Crippen molar-refractivity contribution in [2.75, 3.05) is 6.54 Å². The molecule has 6 nitrogen and oxygen atoms in total. The van der Waals surface area contributed by atoms with Crippen LogP contribution in [0.5, 0.6) is 0 Å². The molecule has 7 heteroatoms.